The quantitative estimate of drug-likeness (QED) is 0.510. The Morgan fingerprint density at radius 1 is 1.48 bits per heavy atom. The molecule has 1 amide bonds. The summed E-state index contributed by atoms with van der Waals surface area (Å²) in [4.78, 5) is 20.5. The molecule has 3 heterocycles. The molecular formula is C20H19ClN2O2S2. The number of thiazole rings is 1. The first kappa shape index (κ1) is 18.6. The maximum atomic E-state index is 13.0. The topological polar surface area (TPSA) is 42.4 Å². The second-order valence-electron chi connectivity index (χ2n) is 6.50. The number of aryl methyl sites for hydroxylation is 1. The SMILES string of the molecule is Cc1cc(Cl)cc2sc(N(CC3CCCO3)C(=O)/C=C/c3cccs3)nc12. The molecule has 4 nitrogen and oxygen atoms in total. The van der Waals surface area contributed by atoms with Crippen LogP contribution in [0.4, 0.5) is 5.13 Å². The number of aromatic nitrogens is 1. The number of halogens is 1. The Balaban J connectivity index is 1.66. The predicted octanol–water partition coefficient (Wildman–Crippen LogP) is 5.55. The molecule has 0 saturated carbocycles. The molecule has 0 aliphatic carbocycles. The number of carbonyl (C=O) groups is 1. The molecule has 1 aromatic carbocycles. The Morgan fingerprint density at radius 2 is 2.37 bits per heavy atom. The normalized spacial score (nSPS) is 17.2. The minimum atomic E-state index is -0.0818. The highest BCUT2D eigenvalue weighted by molar-refractivity contribution is 7.22. The highest BCUT2D eigenvalue weighted by Gasteiger charge is 2.25. The largest absolute Gasteiger partial charge is 0.376 e. The summed E-state index contributed by atoms with van der Waals surface area (Å²) in [5.41, 5.74) is 1.91. The Hall–Kier alpha value is -1.73. The maximum absolute atomic E-state index is 13.0. The van der Waals surface area contributed by atoms with Gasteiger partial charge in [0.1, 0.15) is 0 Å². The van der Waals surface area contributed by atoms with Crippen LogP contribution >= 0.6 is 34.3 Å². The summed E-state index contributed by atoms with van der Waals surface area (Å²) in [5.74, 6) is -0.0818. The molecule has 1 saturated heterocycles. The van der Waals surface area contributed by atoms with E-state index < -0.39 is 0 Å². The molecule has 2 aromatic heterocycles. The number of benzene rings is 1. The molecule has 0 N–H and O–H groups in total. The lowest BCUT2D eigenvalue weighted by atomic mass is 10.2. The van der Waals surface area contributed by atoms with Gasteiger partial charge in [-0.15, -0.1) is 11.3 Å². The Labute approximate surface area is 171 Å². The van der Waals surface area contributed by atoms with Crippen LogP contribution in [0.2, 0.25) is 5.02 Å². The summed E-state index contributed by atoms with van der Waals surface area (Å²) in [6.45, 7) is 3.26. The summed E-state index contributed by atoms with van der Waals surface area (Å²) in [7, 11) is 0. The van der Waals surface area contributed by atoms with Crippen molar-refractivity contribution in [2.24, 2.45) is 0 Å². The van der Waals surface area contributed by atoms with Crippen molar-refractivity contribution in [3.05, 3.63) is 51.2 Å². The van der Waals surface area contributed by atoms with Crippen molar-refractivity contribution in [3.63, 3.8) is 0 Å². The van der Waals surface area contributed by atoms with Crippen LogP contribution < -0.4 is 4.90 Å². The molecule has 1 atom stereocenters. The number of carbonyl (C=O) groups excluding carboxylic acids is 1. The zero-order valence-corrected chi connectivity index (χ0v) is 17.2. The van der Waals surface area contributed by atoms with Crippen molar-refractivity contribution in [2.45, 2.75) is 25.9 Å². The van der Waals surface area contributed by atoms with Gasteiger partial charge >= 0.3 is 0 Å². The van der Waals surface area contributed by atoms with E-state index in [2.05, 4.69) is 0 Å². The Bertz CT molecular complexity index is 975. The lowest BCUT2D eigenvalue weighted by Gasteiger charge is -2.21. The van der Waals surface area contributed by atoms with Crippen molar-refractivity contribution in [1.29, 1.82) is 0 Å². The van der Waals surface area contributed by atoms with E-state index in [4.69, 9.17) is 21.3 Å². The van der Waals surface area contributed by atoms with E-state index in [1.54, 1.807) is 22.3 Å². The van der Waals surface area contributed by atoms with E-state index in [9.17, 15) is 4.79 Å². The van der Waals surface area contributed by atoms with Gasteiger partial charge in [-0.2, -0.15) is 0 Å². The zero-order chi connectivity index (χ0) is 18.8. The number of ether oxygens (including phenoxy) is 1. The highest BCUT2D eigenvalue weighted by atomic mass is 35.5. The Morgan fingerprint density at radius 3 is 3.11 bits per heavy atom. The standard InChI is InChI=1S/C20H19ClN2O2S2/c1-13-10-14(21)11-17-19(13)22-20(27-17)23(12-15-4-2-8-25-15)18(24)7-6-16-5-3-9-26-16/h3,5-7,9-11,15H,2,4,8,12H2,1H3/b7-6+. The summed E-state index contributed by atoms with van der Waals surface area (Å²) in [5, 5.41) is 3.37. The third-order valence-electron chi connectivity index (χ3n) is 4.48. The van der Waals surface area contributed by atoms with Gasteiger partial charge in [-0.3, -0.25) is 9.69 Å². The monoisotopic (exact) mass is 418 g/mol. The van der Waals surface area contributed by atoms with Crippen LogP contribution in [-0.4, -0.2) is 30.1 Å². The van der Waals surface area contributed by atoms with Crippen molar-refractivity contribution < 1.29 is 9.53 Å². The van der Waals surface area contributed by atoms with Gasteiger partial charge in [0.2, 0.25) is 0 Å². The molecule has 0 spiro atoms. The lowest BCUT2D eigenvalue weighted by molar-refractivity contribution is -0.114. The fraction of sp³-hybridized carbons (Fsp3) is 0.300. The van der Waals surface area contributed by atoms with Crippen molar-refractivity contribution >= 4 is 61.6 Å². The van der Waals surface area contributed by atoms with Crippen LogP contribution in [0.15, 0.2) is 35.7 Å². The van der Waals surface area contributed by atoms with Gasteiger partial charge < -0.3 is 4.74 Å². The molecule has 1 unspecified atom stereocenters. The van der Waals surface area contributed by atoms with E-state index in [1.807, 2.05) is 42.6 Å². The fourth-order valence-electron chi connectivity index (χ4n) is 3.14. The van der Waals surface area contributed by atoms with Crippen LogP contribution in [0.1, 0.15) is 23.3 Å². The van der Waals surface area contributed by atoms with E-state index in [0.717, 1.165) is 40.1 Å². The van der Waals surface area contributed by atoms with Crippen LogP contribution in [0.25, 0.3) is 16.3 Å². The molecule has 140 valence electrons. The van der Waals surface area contributed by atoms with Gasteiger partial charge in [-0.1, -0.05) is 29.0 Å². The summed E-state index contributed by atoms with van der Waals surface area (Å²) in [6, 6.07) is 7.76. The van der Waals surface area contributed by atoms with Gasteiger partial charge in [0, 0.05) is 22.6 Å². The number of hydrogen-bond donors (Lipinski definition) is 0. The van der Waals surface area contributed by atoms with Gasteiger partial charge in [-0.05, 0) is 55.0 Å². The first-order valence-corrected chi connectivity index (χ1v) is 10.9. The molecule has 0 bridgehead atoms. The molecule has 1 aliphatic heterocycles. The number of fused-ring (bicyclic) bond motifs is 1. The molecule has 27 heavy (non-hydrogen) atoms. The third kappa shape index (κ3) is 4.24. The van der Waals surface area contributed by atoms with Crippen LogP contribution in [0.5, 0.6) is 0 Å². The minimum absolute atomic E-state index is 0.0563. The van der Waals surface area contributed by atoms with E-state index in [-0.39, 0.29) is 12.0 Å². The number of hydrogen-bond acceptors (Lipinski definition) is 5. The molecule has 0 radical (unpaired) electrons. The van der Waals surface area contributed by atoms with Gasteiger partial charge in [0.25, 0.3) is 5.91 Å². The van der Waals surface area contributed by atoms with Gasteiger partial charge in [0.05, 0.1) is 22.9 Å². The smallest absolute Gasteiger partial charge is 0.252 e. The van der Waals surface area contributed by atoms with Crippen LogP contribution in [0, 0.1) is 6.92 Å². The van der Waals surface area contributed by atoms with Crippen LogP contribution in [0.3, 0.4) is 0 Å². The molecule has 1 aliphatic rings. The zero-order valence-electron chi connectivity index (χ0n) is 14.9. The Kier molecular flexibility index (Phi) is 5.59. The molecule has 3 aromatic rings. The molecule has 7 heteroatoms. The van der Waals surface area contributed by atoms with Crippen molar-refractivity contribution in [3.8, 4) is 0 Å². The first-order valence-electron chi connectivity index (χ1n) is 8.81. The predicted molar refractivity (Wildman–Crippen MR) is 114 cm³/mol. The van der Waals surface area contributed by atoms with Crippen LogP contribution in [-0.2, 0) is 9.53 Å². The average Bonchev–Trinajstić information content (AvgIpc) is 3.38. The van der Waals surface area contributed by atoms with Crippen molar-refractivity contribution in [2.75, 3.05) is 18.1 Å². The number of anilines is 1. The van der Waals surface area contributed by atoms with Gasteiger partial charge in [0.15, 0.2) is 5.13 Å². The van der Waals surface area contributed by atoms with E-state index in [1.165, 1.54) is 11.3 Å². The lowest BCUT2D eigenvalue weighted by Crippen LogP contribution is -2.36. The first-order chi connectivity index (χ1) is 13.1. The minimum Gasteiger partial charge on any atom is -0.376 e. The summed E-state index contributed by atoms with van der Waals surface area (Å²) >= 11 is 9.28. The highest BCUT2D eigenvalue weighted by Crippen LogP contribution is 2.34. The molecular weight excluding hydrogens is 400 g/mol. The second-order valence-corrected chi connectivity index (χ2v) is 8.92. The van der Waals surface area contributed by atoms with Gasteiger partial charge in [-0.25, -0.2) is 4.98 Å². The second kappa shape index (κ2) is 8.10. The maximum Gasteiger partial charge on any atom is 0.252 e. The number of amides is 1. The van der Waals surface area contributed by atoms with E-state index >= 15 is 0 Å². The summed E-state index contributed by atoms with van der Waals surface area (Å²) in [6.07, 6.45) is 5.53. The number of nitrogens with zero attached hydrogens (tertiary/aromatic N) is 2. The fourth-order valence-corrected chi connectivity index (χ4v) is 5.19. The van der Waals surface area contributed by atoms with Crippen molar-refractivity contribution in [1.82, 2.24) is 4.98 Å². The molecule has 4 rings (SSSR count). The van der Waals surface area contributed by atoms with E-state index in [0.29, 0.717) is 16.7 Å². The third-order valence-corrected chi connectivity index (χ3v) is 6.56. The number of rotatable bonds is 5. The number of thiophene rings is 1. The molecule has 1 fully saturated rings. The average molecular weight is 419 g/mol. The summed E-state index contributed by atoms with van der Waals surface area (Å²) < 4.78 is 6.75.